The van der Waals surface area contributed by atoms with E-state index >= 15 is 0 Å². The van der Waals surface area contributed by atoms with E-state index in [1.165, 1.54) is 23.5 Å². The monoisotopic (exact) mass is 347 g/mol. The first-order valence-electron chi connectivity index (χ1n) is 5.03. The van der Waals surface area contributed by atoms with Crippen LogP contribution in [0.2, 0.25) is 4.34 Å². The molecule has 2 rings (SSSR count). The second kappa shape index (κ2) is 5.82. The summed E-state index contributed by atoms with van der Waals surface area (Å²) in [7, 11) is 0. The predicted octanol–water partition coefficient (Wildman–Crippen LogP) is 4.23. The third-order valence-electron chi connectivity index (χ3n) is 2.18. The van der Waals surface area contributed by atoms with E-state index in [0.717, 1.165) is 4.88 Å². The highest BCUT2D eigenvalue weighted by Crippen LogP contribution is 2.21. The molecule has 0 aliphatic rings. The molecule has 1 amide bonds. The van der Waals surface area contributed by atoms with Crippen LogP contribution in [0, 0.1) is 5.82 Å². The number of carbonyl (C=O) groups is 1. The minimum Gasteiger partial charge on any atom is -0.347 e. The summed E-state index contributed by atoms with van der Waals surface area (Å²) in [6, 6.07) is 7.68. The Labute approximate surface area is 121 Å². The Morgan fingerprint density at radius 3 is 2.78 bits per heavy atom. The molecule has 0 fully saturated rings. The van der Waals surface area contributed by atoms with Crippen LogP contribution in [0.5, 0.6) is 0 Å². The van der Waals surface area contributed by atoms with Gasteiger partial charge in [0, 0.05) is 14.9 Å². The molecule has 2 aromatic rings. The minimum absolute atomic E-state index is 0.282. The summed E-state index contributed by atoms with van der Waals surface area (Å²) in [6.07, 6.45) is 0. The number of carbonyl (C=O) groups excluding carboxylic acids is 1. The summed E-state index contributed by atoms with van der Waals surface area (Å²) in [4.78, 5) is 12.8. The maximum absolute atomic E-state index is 13.1. The maximum Gasteiger partial charge on any atom is 0.251 e. The summed E-state index contributed by atoms with van der Waals surface area (Å²) >= 11 is 10.3. The molecule has 0 spiro atoms. The van der Waals surface area contributed by atoms with Crippen molar-refractivity contribution in [3.63, 3.8) is 0 Å². The van der Waals surface area contributed by atoms with Gasteiger partial charge in [0.25, 0.3) is 5.91 Å². The van der Waals surface area contributed by atoms with E-state index in [1.54, 1.807) is 12.1 Å². The second-order valence-electron chi connectivity index (χ2n) is 3.55. The van der Waals surface area contributed by atoms with Crippen LogP contribution in [0.25, 0.3) is 0 Å². The van der Waals surface area contributed by atoms with Gasteiger partial charge in [0.1, 0.15) is 5.82 Å². The van der Waals surface area contributed by atoms with Crippen molar-refractivity contribution in [1.29, 1.82) is 0 Å². The van der Waals surface area contributed by atoms with Crippen molar-refractivity contribution in [3.8, 4) is 0 Å². The molecule has 6 heteroatoms. The molecular weight excluding hydrogens is 341 g/mol. The molecule has 2 nitrogen and oxygen atoms in total. The lowest BCUT2D eigenvalue weighted by Gasteiger charge is -2.04. The number of benzene rings is 1. The minimum atomic E-state index is -0.450. The van der Waals surface area contributed by atoms with Crippen LogP contribution >= 0.6 is 38.9 Å². The van der Waals surface area contributed by atoms with E-state index in [-0.39, 0.29) is 11.5 Å². The van der Waals surface area contributed by atoms with Crippen LogP contribution in [0.1, 0.15) is 15.2 Å². The van der Waals surface area contributed by atoms with E-state index in [1.807, 2.05) is 6.07 Å². The van der Waals surface area contributed by atoms with E-state index in [2.05, 4.69) is 21.2 Å². The van der Waals surface area contributed by atoms with Crippen molar-refractivity contribution in [3.05, 3.63) is 55.4 Å². The highest BCUT2D eigenvalue weighted by atomic mass is 79.9. The van der Waals surface area contributed by atoms with Crippen LogP contribution < -0.4 is 5.32 Å². The van der Waals surface area contributed by atoms with Gasteiger partial charge < -0.3 is 5.32 Å². The first kappa shape index (κ1) is 13.5. The van der Waals surface area contributed by atoms with Gasteiger partial charge in [0.05, 0.1) is 10.9 Å². The lowest BCUT2D eigenvalue weighted by Crippen LogP contribution is -2.22. The van der Waals surface area contributed by atoms with Gasteiger partial charge in [-0.05, 0) is 30.3 Å². The first-order valence-corrected chi connectivity index (χ1v) is 7.02. The van der Waals surface area contributed by atoms with Crippen molar-refractivity contribution < 1.29 is 9.18 Å². The molecule has 0 saturated heterocycles. The summed E-state index contributed by atoms with van der Waals surface area (Å²) in [5, 5.41) is 2.71. The SMILES string of the molecule is O=C(NCc1ccc(Cl)s1)c1cc(F)cc(Br)c1. The smallest absolute Gasteiger partial charge is 0.251 e. The fourth-order valence-corrected chi connectivity index (χ4v) is 2.89. The summed E-state index contributed by atoms with van der Waals surface area (Å²) in [6.45, 7) is 0.379. The lowest BCUT2D eigenvalue weighted by molar-refractivity contribution is 0.0951. The molecule has 18 heavy (non-hydrogen) atoms. The predicted molar refractivity (Wildman–Crippen MR) is 74.6 cm³/mol. The number of hydrogen-bond acceptors (Lipinski definition) is 2. The van der Waals surface area contributed by atoms with Gasteiger partial charge in [-0.15, -0.1) is 11.3 Å². The maximum atomic E-state index is 13.1. The quantitative estimate of drug-likeness (QED) is 0.883. The topological polar surface area (TPSA) is 29.1 Å². The third-order valence-corrected chi connectivity index (χ3v) is 3.87. The molecule has 0 aliphatic heterocycles. The van der Waals surface area contributed by atoms with Crippen LogP contribution in [0.15, 0.2) is 34.8 Å². The molecule has 0 radical (unpaired) electrons. The Bertz CT molecular complexity index is 567. The van der Waals surface area contributed by atoms with Crippen LogP contribution in [-0.4, -0.2) is 5.91 Å². The third kappa shape index (κ3) is 3.54. The van der Waals surface area contributed by atoms with Gasteiger partial charge in [-0.2, -0.15) is 0 Å². The molecule has 0 saturated carbocycles. The van der Waals surface area contributed by atoms with E-state index < -0.39 is 5.82 Å². The molecule has 1 N–H and O–H groups in total. The number of thiophene rings is 1. The Balaban J connectivity index is 2.03. The Morgan fingerprint density at radius 1 is 1.39 bits per heavy atom. The summed E-state index contributed by atoms with van der Waals surface area (Å²) in [5.41, 5.74) is 0.282. The van der Waals surface area contributed by atoms with Gasteiger partial charge in [0.2, 0.25) is 0 Å². The number of amides is 1. The van der Waals surface area contributed by atoms with Crippen LogP contribution in [0.3, 0.4) is 0 Å². The van der Waals surface area contributed by atoms with Crippen molar-refractivity contribution in [1.82, 2.24) is 5.32 Å². The molecule has 0 unspecified atom stereocenters. The van der Waals surface area contributed by atoms with Crippen LogP contribution in [0.4, 0.5) is 4.39 Å². The lowest BCUT2D eigenvalue weighted by atomic mass is 10.2. The average molecular weight is 349 g/mol. The Morgan fingerprint density at radius 2 is 2.17 bits per heavy atom. The molecule has 1 aromatic carbocycles. The standard InChI is InChI=1S/C12H8BrClFNOS/c13-8-3-7(4-9(15)5-8)12(17)16-6-10-1-2-11(14)18-10/h1-5H,6H2,(H,16,17). The van der Waals surface area contributed by atoms with Gasteiger partial charge in [-0.25, -0.2) is 4.39 Å². The number of hydrogen-bond donors (Lipinski definition) is 1. The summed E-state index contributed by atoms with van der Waals surface area (Å²) in [5.74, 6) is -0.770. The van der Waals surface area contributed by atoms with Crippen molar-refractivity contribution in [2.45, 2.75) is 6.54 Å². The van der Waals surface area contributed by atoms with E-state index in [4.69, 9.17) is 11.6 Å². The number of nitrogens with one attached hydrogen (secondary N) is 1. The molecule has 94 valence electrons. The molecule has 0 aliphatic carbocycles. The van der Waals surface area contributed by atoms with E-state index in [0.29, 0.717) is 15.4 Å². The van der Waals surface area contributed by atoms with Gasteiger partial charge >= 0.3 is 0 Å². The van der Waals surface area contributed by atoms with Gasteiger partial charge in [-0.3, -0.25) is 4.79 Å². The number of rotatable bonds is 3. The molecule has 1 heterocycles. The second-order valence-corrected chi connectivity index (χ2v) is 6.26. The summed E-state index contributed by atoms with van der Waals surface area (Å²) < 4.78 is 14.3. The molecular formula is C12H8BrClFNOS. The van der Waals surface area contributed by atoms with Crippen molar-refractivity contribution in [2.24, 2.45) is 0 Å². The largest absolute Gasteiger partial charge is 0.347 e. The average Bonchev–Trinajstić information content (AvgIpc) is 2.70. The fraction of sp³-hybridized carbons (Fsp3) is 0.0833. The zero-order chi connectivity index (χ0) is 13.1. The zero-order valence-electron chi connectivity index (χ0n) is 9.04. The van der Waals surface area contributed by atoms with Gasteiger partial charge in [-0.1, -0.05) is 27.5 Å². The molecule has 1 aromatic heterocycles. The highest BCUT2D eigenvalue weighted by Gasteiger charge is 2.08. The van der Waals surface area contributed by atoms with Gasteiger partial charge in [0.15, 0.2) is 0 Å². The van der Waals surface area contributed by atoms with E-state index in [9.17, 15) is 9.18 Å². The first-order chi connectivity index (χ1) is 8.54. The normalized spacial score (nSPS) is 10.4. The Hall–Kier alpha value is -0.910. The van der Waals surface area contributed by atoms with Crippen LogP contribution in [-0.2, 0) is 6.54 Å². The Kier molecular flexibility index (Phi) is 4.37. The fourth-order valence-electron chi connectivity index (χ4n) is 1.40. The number of halogens is 3. The van der Waals surface area contributed by atoms with Crippen molar-refractivity contribution >= 4 is 44.8 Å². The zero-order valence-corrected chi connectivity index (χ0v) is 12.2. The molecule has 0 bridgehead atoms. The highest BCUT2D eigenvalue weighted by molar-refractivity contribution is 9.10. The van der Waals surface area contributed by atoms with Crippen molar-refractivity contribution in [2.75, 3.05) is 0 Å². The molecule has 0 atom stereocenters.